The zero-order valence-corrected chi connectivity index (χ0v) is 25.9. The van der Waals surface area contributed by atoms with Gasteiger partial charge in [0.1, 0.15) is 29.8 Å². The number of amides is 1. The van der Waals surface area contributed by atoms with E-state index in [1.54, 1.807) is 23.2 Å². The maximum absolute atomic E-state index is 16.7. The second kappa shape index (κ2) is 11.8. The van der Waals surface area contributed by atoms with Crippen molar-refractivity contribution in [3.05, 3.63) is 66.1 Å². The van der Waals surface area contributed by atoms with Crippen LogP contribution in [0, 0.1) is 5.82 Å². The lowest BCUT2D eigenvalue weighted by Crippen LogP contribution is -2.48. The SMILES string of the molecule is C=CC(=O)N1CCC[C@@H](N(C)c2nc(OC[C@@]34CCCN3C[C@H](F)C4)nc3c(F)c(-c4cccc5cccc(Cl)c45)ncc23)C1. The van der Waals surface area contributed by atoms with E-state index in [0.29, 0.717) is 53.2 Å². The summed E-state index contributed by atoms with van der Waals surface area (Å²) in [6, 6.07) is 11.1. The standard InChI is InChI=1S/C34H35ClF2N6O2/c1-3-27(44)42-14-6-10-23(19-42)41(2)32-25-17-38-30(24-11-4-8-21-9-5-12-26(35)28(21)24)29(37)31(25)39-33(40-32)45-20-34-13-7-15-43(34)18-22(36)16-34/h3-5,8-9,11-12,17,22-23H,1,6-7,10,13-16,18-20H2,2H3/t22-,23-,34+/m1/s1. The van der Waals surface area contributed by atoms with E-state index in [2.05, 4.69) is 21.4 Å². The van der Waals surface area contributed by atoms with Gasteiger partial charge >= 0.3 is 6.01 Å². The molecule has 0 unspecified atom stereocenters. The van der Waals surface area contributed by atoms with Gasteiger partial charge in [0.2, 0.25) is 5.91 Å². The molecule has 2 aromatic carbocycles. The fourth-order valence-electron chi connectivity index (χ4n) is 7.46. The normalized spacial score (nSPS) is 23.4. The number of likely N-dealkylation sites (tertiary alicyclic amines) is 1. The van der Waals surface area contributed by atoms with Crippen molar-refractivity contribution in [1.82, 2.24) is 24.8 Å². The number of likely N-dealkylation sites (N-methyl/N-ethyl adjacent to an activating group) is 1. The van der Waals surface area contributed by atoms with Crippen LogP contribution in [0.1, 0.15) is 32.1 Å². The third-order valence-electron chi connectivity index (χ3n) is 9.75. The van der Waals surface area contributed by atoms with Gasteiger partial charge in [-0.3, -0.25) is 14.7 Å². The largest absolute Gasteiger partial charge is 0.461 e. The van der Waals surface area contributed by atoms with E-state index in [1.807, 2.05) is 36.2 Å². The molecule has 3 fully saturated rings. The van der Waals surface area contributed by atoms with Gasteiger partial charge in [-0.15, -0.1) is 0 Å². The van der Waals surface area contributed by atoms with E-state index in [4.69, 9.17) is 21.3 Å². The van der Waals surface area contributed by atoms with Gasteiger partial charge in [0.15, 0.2) is 5.82 Å². The summed E-state index contributed by atoms with van der Waals surface area (Å²) in [5.74, 6) is -0.282. The quantitative estimate of drug-likeness (QED) is 0.225. The lowest BCUT2D eigenvalue weighted by molar-refractivity contribution is -0.127. The van der Waals surface area contributed by atoms with Gasteiger partial charge in [0.25, 0.3) is 0 Å². The number of anilines is 1. The topological polar surface area (TPSA) is 74.7 Å². The summed E-state index contributed by atoms with van der Waals surface area (Å²) in [6.07, 6.45) is 5.84. The molecule has 2 aromatic heterocycles. The van der Waals surface area contributed by atoms with Crippen LogP contribution < -0.4 is 9.64 Å². The molecule has 0 spiro atoms. The molecule has 8 nitrogen and oxygen atoms in total. The van der Waals surface area contributed by atoms with Crippen LogP contribution in [-0.2, 0) is 4.79 Å². The smallest absolute Gasteiger partial charge is 0.319 e. The molecular weight excluding hydrogens is 598 g/mol. The first-order valence-electron chi connectivity index (χ1n) is 15.5. The second-order valence-corrected chi connectivity index (χ2v) is 12.8. The number of rotatable bonds is 7. The van der Waals surface area contributed by atoms with Crippen LogP contribution >= 0.6 is 11.6 Å². The van der Waals surface area contributed by atoms with E-state index in [-0.39, 0.29) is 35.8 Å². The Morgan fingerprint density at radius 3 is 2.84 bits per heavy atom. The fraction of sp³-hybridized carbons (Fsp3) is 0.412. The molecule has 1 amide bonds. The third-order valence-corrected chi connectivity index (χ3v) is 10.1. The summed E-state index contributed by atoms with van der Waals surface area (Å²) in [5.41, 5.74) is 0.331. The summed E-state index contributed by atoms with van der Waals surface area (Å²) < 4.78 is 37.4. The molecule has 3 atom stereocenters. The number of ether oxygens (including phenoxy) is 1. The first-order chi connectivity index (χ1) is 21.8. The highest BCUT2D eigenvalue weighted by atomic mass is 35.5. The number of alkyl halides is 1. The van der Waals surface area contributed by atoms with Crippen LogP contribution in [0.15, 0.2) is 55.3 Å². The molecule has 0 bridgehead atoms. The second-order valence-electron chi connectivity index (χ2n) is 12.4. The number of halogens is 3. The minimum Gasteiger partial charge on any atom is -0.461 e. The average Bonchev–Trinajstić information content (AvgIpc) is 3.58. The molecule has 0 aliphatic carbocycles. The molecule has 3 aliphatic rings. The number of carbonyl (C=O) groups is 1. The Kier molecular flexibility index (Phi) is 7.81. The fourth-order valence-corrected chi connectivity index (χ4v) is 7.74. The lowest BCUT2D eigenvalue weighted by atomic mass is 9.95. The van der Waals surface area contributed by atoms with Crippen molar-refractivity contribution >= 4 is 45.0 Å². The van der Waals surface area contributed by atoms with Gasteiger partial charge in [0, 0.05) is 61.3 Å². The van der Waals surface area contributed by atoms with E-state index >= 15 is 4.39 Å². The molecule has 45 heavy (non-hydrogen) atoms. The predicted molar refractivity (Wildman–Crippen MR) is 172 cm³/mol. The average molecular weight is 633 g/mol. The van der Waals surface area contributed by atoms with Gasteiger partial charge in [0.05, 0.1) is 10.9 Å². The zero-order chi connectivity index (χ0) is 31.3. The van der Waals surface area contributed by atoms with Crippen LogP contribution in [0.4, 0.5) is 14.6 Å². The van der Waals surface area contributed by atoms with Crippen molar-refractivity contribution in [3.63, 3.8) is 0 Å². The molecular formula is C34H35ClF2N6O2. The van der Waals surface area contributed by atoms with Crippen LogP contribution in [-0.4, -0.2) is 88.2 Å². The molecule has 4 aromatic rings. The van der Waals surface area contributed by atoms with Crippen molar-refractivity contribution < 1.29 is 18.3 Å². The van der Waals surface area contributed by atoms with Crippen LogP contribution in [0.2, 0.25) is 5.02 Å². The Hall–Kier alpha value is -3.89. The van der Waals surface area contributed by atoms with Gasteiger partial charge in [-0.2, -0.15) is 9.97 Å². The van der Waals surface area contributed by atoms with Crippen LogP contribution in [0.5, 0.6) is 6.01 Å². The number of aromatic nitrogens is 3. The molecule has 11 heteroatoms. The Balaban J connectivity index is 1.32. The molecule has 0 saturated carbocycles. The van der Waals surface area contributed by atoms with E-state index < -0.39 is 17.5 Å². The number of piperidine rings is 1. The Morgan fingerprint density at radius 2 is 2.02 bits per heavy atom. The monoisotopic (exact) mass is 632 g/mol. The van der Waals surface area contributed by atoms with Crippen LogP contribution in [0.25, 0.3) is 32.9 Å². The summed E-state index contributed by atoms with van der Waals surface area (Å²) in [6.45, 7) is 6.20. The third kappa shape index (κ3) is 5.27. The summed E-state index contributed by atoms with van der Waals surface area (Å²) in [4.78, 5) is 32.3. The first kappa shape index (κ1) is 29.8. The zero-order valence-electron chi connectivity index (χ0n) is 25.2. The molecule has 3 aliphatic heterocycles. The molecule has 0 radical (unpaired) electrons. The molecule has 5 heterocycles. The minimum absolute atomic E-state index is 0.0229. The number of hydrogen-bond donors (Lipinski definition) is 0. The number of pyridine rings is 1. The first-order valence-corrected chi connectivity index (χ1v) is 15.9. The highest BCUT2D eigenvalue weighted by Crippen LogP contribution is 2.41. The van der Waals surface area contributed by atoms with Crippen LogP contribution in [0.3, 0.4) is 0 Å². The van der Waals surface area contributed by atoms with E-state index in [9.17, 15) is 9.18 Å². The highest BCUT2D eigenvalue weighted by Gasteiger charge is 2.49. The van der Waals surface area contributed by atoms with E-state index in [0.717, 1.165) is 37.6 Å². The predicted octanol–water partition coefficient (Wildman–Crippen LogP) is 6.21. The van der Waals surface area contributed by atoms with Gasteiger partial charge in [-0.25, -0.2) is 8.78 Å². The van der Waals surface area contributed by atoms with Crippen molar-refractivity contribution in [3.8, 4) is 17.3 Å². The maximum atomic E-state index is 16.7. The van der Waals surface area contributed by atoms with Crippen molar-refractivity contribution in [2.45, 2.75) is 49.9 Å². The van der Waals surface area contributed by atoms with Gasteiger partial charge in [-0.05, 0) is 49.8 Å². The molecule has 0 N–H and O–H groups in total. The number of nitrogens with zero attached hydrogens (tertiary/aromatic N) is 6. The summed E-state index contributed by atoms with van der Waals surface area (Å²) >= 11 is 6.60. The summed E-state index contributed by atoms with van der Waals surface area (Å²) in [5, 5.41) is 2.49. The Morgan fingerprint density at radius 1 is 1.20 bits per heavy atom. The van der Waals surface area contributed by atoms with Crippen molar-refractivity contribution in [2.75, 3.05) is 44.7 Å². The maximum Gasteiger partial charge on any atom is 0.319 e. The molecule has 3 saturated heterocycles. The Bertz CT molecular complexity index is 1800. The number of benzene rings is 2. The molecule has 7 rings (SSSR count). The van der Waals surface area contributed by atoms with Gasteiger partial charge in [-0.1, -0.05) is 48.5 Å². The molecule has 234 valence electrons. The summed E-state index contributed by atoms with van der Waals surface area (Å²) in [7, 11) is 1.89. The van der Waals surface area contributed by atoms with E-state index in [1.165, 1.54) is 6.08 Å². The number of carbonyl (C=O) groups excluding carboxylic acids is 1. The lowest BCUT2D eigenvalue weighted by Gasteiger charge is -2.38. The number of hydrogen-bond acceptors (Lipinski definition) is 7. The van der Waals surface area contributed by atoms with Crippen molar-refractivity contribution in [1.29, 1.82) is 0 Å². The van der Waals surface area contributed by atoms with Crippen molar-refractivity contribution in [2.24, 2.45) is 0 Å². The minimum atomic E-state index is -0.903. The van der Waals surface area contributed by atoms with Gasteiger partial charge < -0.3 is 14.5 Å². The number of fused-ring (bicyclic) bond motifs is 3. The highest BCUT2D eigenvalue weighted by molar-refractivity contribution is 6.36. The Labute approximate surface area is 265 Å².